The Bertz CT molecular complexity index is 682. The Labute approximate surface area is 185 Å². The molecule has 0 atom stereocenters. The van der Waals surface area contributed by atoms with E-state index in [2.05, 4.69) is 38.9 Å². The van der Waals surface area contributed by atoms with Crippen molar-refractivity contribution < 1.29 is 4.74 Å². The summed E-state index contributed by atoms with van der Waals surface area (Å²) in [5, 5.41) is 10.0. The van der Waals surface area contributed by atoms with Gasteiger partial charge in [-0.15, -0.1) is 24.0 Å². The van der Waals surface area contributed by atoms with Gasteiger partial charge in [-0.2, -0.15) is 0 Å². The van der Waals surface area contributed by atoms with Crippen LogP contribution in [0.2, 0.25) is 0 Å². The molecule has 0 amide bonds. The van der Waals surface area contributed by atoms with Crippen LogP contribution in [0.25, 0.3) is 0 Å². The van der Waals surface area contributed by atoms with Crippen molar-refractivity contribution in [1.29, 1.82) is 0 Å². The predicted octanol–water partition coefficient (Wildman–Crippen LogP) is 4.05. The normalized spacial score (nSPS) is 10.7. The fourth-order valence-corrected chi connectivity index (χ4v) is 2.58. The van der Waals surface area contributed by atoms with E-state index < -0.39 is 0 Å². The van der Waals surface area contributed by atoms with Crippen LogP contribution in [0.1, 0.15) is 32.3 Å². The van der Waals surface area contributed by atoms with Gasteiger partial charge in [0.2, 0.25) is 0 Å². The van der Waals surface area contributed by atoms with Crippen LogP contribution < -0.4 is 20.7 Å². The van der Waals surface area contributed by atoms with E-state index in [1.807, 2.05) is 43.3 Å². The summed E-state index contributed by atoms with van der Waals surface area (Å²) in [6.07, 6.45) is 3.92. The lowest BCUT2D eigenvalue weighted by molar-refractivity contribution is 0.336. The summed E-state index contributed by atoms with van der Waals surface area (Å²) < 4.78 is 5.67. The van der Waals surface area contributed by atoms with E-state index in [1.165, 1.54) is 0 Å². The SMILES string of the molecule is CCNC(=NCc1ccccc1OCC)NCCCCNc1ccccn1.I. The van der Waals surface area contributed by atoms with E-state index in [4.69, 9.17) is 4.74 Å². The third kappa shape index (κ3) is 9.25. The molecule has 0 radical (unpaired) electrons. The maximum absolute atomic E-state index is 5.67. The molecule has 6 nitrogen and oxygen atoms in total. The number of nitrogens with one attached hydrogen (secondary N) is 3. The minimum atomic E-state index is 0. The molecule has 3 N–H and O–H groups in total. The minimum absolute atomic E-state index is 0. The number of hydrogen-bond donors (Lipinski definition) is 3. The Kier molecular flexibility index (Phi) is 12.8. The summed E-state index contributed by atoms with van der Waals surface area (Å²) in [7, 11) is 0. The smallest absolute Gasteiger partial charge is 0.191 e. The van der Waals surface area contributed by atoms with E-state index >= 15 is 0 Å². The molecule has 0 fully saturated rings. The molecule has 0 spiro atoms. The predicted molar refractivity (Wildman–Crippen MR) is 128 cm³/mol. The molecule has 154 valence electrons. The molecule has 0 unspecified atom stereocenters. The average molecular weight is 497 g/mol. The Balaban J connectivity index is 0.00000392. The maximum Gasteiger partial charge on any atom is 0.191 e. The van der Waals surface area contributed by atoms with Gasteiger partial charge in [0.05, 0.1) is 13.2 Å². The second-order valence-electron chi connectivity index (χ2n) is 6.01. The second kappa shape index (κ2) is 15.0. The third-order valence-corrected chi connectivity index (χ3v) is 3.89. The van der Waals surface area contributed by atoms with E-state index in [9.17, 15) is 0 Å². The van der Waals surface area contributed by atoms with Gasteiger partial charge < -0.3 is 20.7 Å². The van der Waals surface area contributed by atoms with Crippen molar-refractivity contribution in [2.75, 3.05) is 31.6 Å². The molecule has 1 aromatic heterocycles. The number of halogens is 1. The molecule has 0 aliphatic heterocycles. The monoisotopic (exact) mass is 497 g/mol. The lowest BCUT2D eigenvalue weighted by atomic mass is 10.2. The van der Waals surface area contributed by atoms with E-state index in [1.54, 1.807) is 6.20 Å². The van der Waals surface area contributed by atoms with Gasteiger partial charge in [-0.25, -0.2) is 9.98 Å². The van der Waals surface area contributed by atoms with E-state index in [0.29, 0.717) is 13.2 Å². The molecule has 0 aliphatic rings. The minimum Gasteiger partial charge on any atom is -0.494 e. The number of benzene rings is 1. The molecule has 2 aromatic rings. The first kappa shape index (κ1) is 24.0. The highest BCUT2D eigenvalue weighted by molar-refractivity contribution is 14.0. The van der Waals surface area contributed by atoms with Crippen LogP contribution in [-0.2, 0) is 6.54 Å². The zero-order valence-electron chi connectivity index (χ0n) is 16.8. The topological polar surface area (TPSA) is 70.6 Å². The standard InChI is InChI=1S/C21H31N5O.HI/c1-3-22-21(26-17-18-11-5-6-12-19(18)27-4-2)25-16-10-9-15-24-20-13-7-8-14-23-20;/h5-8,11-14H,3-4,9-10,15-17H2,1-2H3,(H,23,24)(H2,22,25,26);1H. The second-order valence-corrected chi connectivity index (χ2v) is 6.01. The fourth-order valence-electron chi connectivity index (χ4n) is 2.58. The van der Waals surface area contributed by atoms with Gasteiger partial charge in [-0.1, -0.05) is 24.3 Å². The van der Waals surface area contributed by atoms with Gasteiger partial charge in [0.1, 0.15) is 11.6 Å². The highest BCUT2D eigenvalue weighted by atomic mass is 127. The van der Waals surface area contributed by atoms with Crippen LogP contribution in [0.15, 0.2) is 53.7 Å². The molecule has 0 bridgehead atoms. The molecule has 0 aliphatic carbocycles. The summed E-state index contributed by atoms with van der Waals surface area (Å²) in [5.41, 5.74) is 1.09. The quantitative estimate of drug-likeness (QED) is 0.189. The molecule has 7 heteroatoms. The number of ether oxygens (including phenoxy) is 1. The number of guanidine groups is 1. The first-order valence-electron chi connectivity index (χ1n) is 9.71. The number of hydrogen-bond acceptors (Lipinski definition) is 4. The number of para-hydroxylation sites is 1. The number of aliphatic imine (C=N–C) groups is 1. The Morgan fingerprint density at radius 2 is 1.79 bits per heavy atom. The van der Waals surface area contributed by atoms with Crippen LogP contribution in [0, 0.1) is 0 Å². The first-order chi connectivity index (χ1) is 13.3. The molecule has 0 saturated heterocycles. The van der Waals surface area contributed by atoms with Crippen LogP contribution in [0.4, 0.5) is 5.82 Å². The van der Waals surface area contributed by atoms with Crippen LogP contribution in [0.5, 0.6) is 5.75 Å². The summed E-state index contributed by atoms with van der Waals surface area (Å²) in [5.74, 6) is 2.66. The number of rotatable bonds is 11. The summed E-state index contributed by atoms with van der Waals surface area (Å²) in [6.45, 7) is 7.94. The number of anilines is 1. The van der Waals surface area contributed by atoms with Gasteiger partial charge >= 0.3 is 0 Å². The van der Waals surface area contributed by atoms with Crippen molar-refractivity contribution in [2.24, 2.45) is 4.99 Å². The van der Waals surface area contributed by atoms with Gasteiger partial charge in [0.15, 0.2) is 5.96 Å². The highest BCUT2D eigenvalue weighted by Gasteiger charge is 2.03. The lowest BCUT2D eigenvalue weighted by Gasteiger charge is -2.13. The molecule has 1 aromatic carbocycles. The number of aromatic nitrogens is 1. The summed E-state index contributed by atoms with van der Waals surface area (Å²) >= 11 is 0. The average Bonchev–Trinajstić information content (AvgIpc) is 2.70. The molecular weight excluding hydrogens is 465 g/mol. The summed E-state index contributed by atoms with van der Waals surface area (Å²) in [4.78, 5) is 8.94. The first-order valence-corrected chi connectivity index (χ1v) is 9.71. The Hall–Kier alpha value is -2.03. The number of nitrogens with zero attached hydrogens (tertiary/aromatic N) is 2. The summed E-state index contributed by atoms with van der Waals surface area (Å²) in [6, 6.07) is 13.9. The molecule has 1 heterocycles. The maximum atomic E-state index is 5.67. The molecular formula is C21H32IN5O. The van der Waals surface area contributed by atoms with E-state index in [0.717, 1.165) is 55.6 Å². The zero-order valence-corrected chi connectivity index (χ0v) is 19.1. The highest BCUT2D eigenvalue weighted by Crippen LogP contribution is 2.18. The number of pyridine rings is 1. The molecule has 0 saturated carbocycles. The Morgan fingerprint density at radius 1 is 1.00 bits per heavy atom. The van der Waals surface area contributed by atoms with Crippen LogP contribution in [-0.4, -0.2) is 37.2 Å². The largest absolute Gasteiger partial charge is 0.494 e. The third-order valence-electron chi connectivity index (χ3n) is 3.89. The van der Waals surface area contributed by atoms with Crippen LogP contribution in [0.3, 0.4) is 0 Å². The van der Waals surface area contributed by atoms with Crippen molar-refractivity contribution in [1.82, 2.24) is 15.6 Å². The van der Waals surface area contributed by atoms with Crippen molar-refractivity contribution in [3.05, 3.63) is 54.2 Å². The van der Waals surface area contributed by atoms with Crippen molar-refractivity contribution in [3.63, 3.8) is 0 Å². The zero-order chi connectivity index (χ0) is 19.2. The fraction of sp³-hybridized carbons (Fsp3) is 0.429. The van der Waals surface area contributed by atoms with Gasteiger partial charge in [0, 0.05) is 31.4 Å². The lowest BCUT2D eigenvalue weighted by Crippen LogP contribution is -2.37. The van der Waals surface area contributed by atoms with E-state index in [-0.39, 0.29) is 24.0 Å². The van der Waals surface area contributed by atoms with Crippen molar-refractivity contribution >= 4 is 35.8 Å². The van der Waals surface area contributed by atoms with Gasteiger partial charge in [-0.05, 0) is 44.9 Å². The van der Waals surface area contributed by atoms with Crippen LogP contribution >= 0.6 is 24.0 Å². The number of unbranched alkanes of at least 4 members (excludes halogenated alkanes) is 1. The molecule has 28 heavy (non-hydrogen) atoms. The van der Waals surface area contributed by atoms with Crippen molar-refractivity contribution in [2.45, 2.75) is 33.2 Å². The Morgan fingerprint density at radius 3 is 2.54 bits per heavy atom. The molecule has 2 rings (SSSR count). The van der Waals surface area contributed by atoms with Gasteiger partial charge in [0.25, 0.3) is 0 Å². The van der Waals surface area contributed by atoms with Gasteiger partial charge in [-0.3, -0.25) is 0 Å². The van der Waals surface area contributed by atoms with Crippen molar-refractivity contribution in [3.8, 4) is 5.75 Å².